The van der Waals surface area contributed by atoms with Gasteiger partial charge in [0, 0.05) is 30.7 Å². The number of carbonyl (C=O) groups excluding carboxylic acids is 1. The van der Waals surface area contributed by atoms with Gasteiger partial charge in [-0.05, 0) is 19.3 Å². The first-order valence-electron chi connectivity index (χ1n) is 7.50. The van der Waals surface area contributed by atoms with Crippen molar-refractivity contribution in [3.05, 3.63) is 51.1 Å². The standard InChI is InChI=1S/C15H15N5O2S/c21-13-7-10(18-15-17-4-6-20(13)15)11-3-1-2-5-19(11)14(22)12-8-16-9-23-12/h4,6-9,11H,1-3,5H2,(H,17,18)/t11-/m1/s1. The Kier molecular flexibility index (Phi) is 3.45. The third-order valence-corrected chi connectivity index (χ3v) is 4.94. The second-order valence-corrected chi connectivity index (χ2v) is 6.45. The van der Waals surface area contributed by atoms with Crippen molar-refractivity contribution in [2.75, 3.05) is 6.54 Å². The van der Waals surface area contributed by atoms with Crippen LogP contribution in [0.1, 0.15) is 40.7 Å². The van der Waals surface area contributed by atoms with Crippen LogP contribution in [0.2, 0.25) is 0 Å². The molecule has 7 nitrogen and oxygen atoms in total. The third kappa shape index (κ3) is 2.44. The molecule has 1 atom stereocenters. The molecule has 4 heterocycles. The zero-order valence-corrected chi connectivity index (χ0v) is 13.1. The summed E-state index contributed by atoms with van der Waals surface area (Å²) >= 11 is 1.34. The van der Waals surface area contributed by atoms with Crippen LogP contribution in [0.4, 0.5) is 0 Å². The molecule has 0 radical (unpaired) electrons. The maximum Gasteiger partial charge on any atom is 0.266 e. The predicted molar refractivity (Wildman–Crippen MR) is 85.6 cm³/mol. The summed E-state index contributed by atoms with van der Waals surface area (Å²) in [7, 11) is 0. The summed E-state index contributed by atoms with van der Waals surface area (Å²) in [6.07, 6.45) is 7.63. The fourth-order valence-corrected chi connectivity index (χ4v) is 3.66. The van der Waals surface area contributed by atoms with E-state index in [0.29, 0.717) is 17.2 Å². The van der Waals surface area contributed by atoms with E-state index in [1.165, 1.54) is 15.7 Å². The highest BCUT2D eigenvalue weighted by molar-refractivity contribution is 7.11. The van der Waals surface area contributed by atoms with Crippen molar-refractivity contribution in [1.82, 2.24) is 24.3 Å². The van der Waals surface area contributed by atoms with Gasteiger partial charge in [-0.1, -0.05) is 0 Å². The zero-order chi connectivity index (χ0) is 15.8. The normalized spacial score (nSPS) is 18.4. The van der Waals surface area contributed by atoms with Crippen molar-refractivity contribution in [3.8, 4) is 0 Å². The lowest BCUT2D eigenvalue weighted by atomic mass is 9.99. The fourth-order valence-electron chi connectivity index (χ4n) is 3.08. The lowest BCUT2D eigenvalue weighted by Gasteiger charge is -2.35. The van der Waals surface area contributed by atoms with E-state index in [0.717, 1.165) is 25.0 Å². The molecule has 1 aliphatic heterocycles. The first kappa shape index (κ1) is 14.1. The number of hydrogen-bond donors (Lipinski definition) is 1. The zero-order valence-electron chi connectivity index (χ0n) is 12.3. The van der Waals surface area contributed by atoms with Gasteiger partial charge in [0.25, 0.3) is 11.5 Å². The number of hydrogen-bond acceptors (Lipinski definition) is 5. The maximum absolute atomic E-state index is 12.7. The van der Waals surface area contributed by atoms with Crippen molar-refractivity contribution in [2.24, 2.45) is 0 Å². The van der Waals surface area contributed by atoms with Crippen LogP contribution in [0.25, 0.3) is 5.78 Å². The molecular formula is C15H15N5O2S. The molecule has 0 bridgehead atoms. The van der Waals surface area contributed by atoms with Gasteiger partial charge in [-0.15, -0.1) is 11.3 Å². The number of amides is 1. The molecule has 8 heteroatoms. The van der Waals surface area contributed by atoms with Crippen LogP contribution in [0.15, 0.2) is 35.0 Å². The van der Waals surface area contributed by atoms with Crippen LogP contribution in [0.5, 0.6) is 0 Å². The number of H-pyrrole nitrogens is 1. The molecule has 1 fully saturated rings. The summed E-state index contributed by atoms with van der Waals surface area (Å²) in [4.78, 5) is 38.7. The molecule has 0 spiro atoms. The molecule has 23 heavy (non-hydrogen) atoms. The molecule has 1 amide bonds. The minimum atomic E-state index is -0.137. The molecular weight excluding hydrogens is 314 g/mol. The maximum atomic E-state index is 12.7. The lowest BCUT2D eigenvalue weighted by molar-refractivity contribution is 0.0611. The topological polar surface area (TPSA) is 83.4 Å². The van der Waals surface area contributed by atoms with Crippen LogP contribution < -0.4 is 5.56 Å². The Balaban J connectivity index is 1.74. The molecule has 3 aromatic rings. The number of likely N-dealkylation sites (tertiary alicyclic amines) is 1. The van der Waals surface area contributed by atoms with Crippen molar-refractivity contribution < 1.29 is 4.79 Å². The third-order valence-electron chi connectivity index (χ3n) is 4.18. The van der Waals surface area contributed by atoms with Crippen molar-refractivity contribution in [2.45, 2.75) is 25.3 Å². The summed E-state index contributed by atoms with van der Waals surface area (Å²) in [6.45, 7) is 0.684. The molecule has 4 rings (SSSR count). The quantitative estimate of drug-likeness (QED) is 0.778. The summed E-state index contributed by atoms with van der Waals surface area (Å²) < 4.78 is 1.46. The van der Waals surface area contributed by atoms with Crippen LogP contribution in [-0.4, -0.2) is 36.7 Å². The minimum absolute atomic E-state index is 0.0266. The van der Waals surface area contributed by atoms with E-state index in [2.05, 4.69) is 15.0 Å². The van der Waals surface area contributed by atoms with Gasteiger partial charge in [0.05, 0.1) is 17.7 Å². The average molecular weight is 329 g/mol. The number of carbonyl (C=O) groups is 1. The predicted octanol–water partition coefficient (Wildman–Crippen LogP) is 1.85. The van der Waals surface area contributed by atoms with Crippen molar-refractivity contribution in [1.29, 1.82) is 0 Å². The second kappa shape index (κ2) is 5.62. The molecule has 1 saturated heterocycles. The SMILES string of the molecule is O=C(c1cncs1)N1CCCC[C@@H]1c1cc(=O)n2ccnc2[nH]1. The molecule has 3 aromatic heterocycles. The highest BCUT2D eigenvalue weighted by Crippen LogP contribution is 2.31. The van der Waals surface area contributed by atoms with E-state index < -0.39 is 0 Å². The molecule has 0 saturated carbocycles. The Morgan fingerprint density at radius 1 is 1.39 bits per heavy atom. The fraction of sp³-hybridized carbons (Fsp3) is 0.333. The van der Waals surface area contributed by atoms with Crippen LogP contribution >= 0.6 is 11.3 Å². The number of aromatic nitrogens is 4. The number of rotatable bonds is 2. The number of aromatic amines is 1. The van der Waals surface area contributed by atoms with Gasteiger partial charge in [0.1, 0.15) is 4.88 Å². The molecule has 0 unspecified atom stereocenters. The highest BCUT2D eigenvalue weighted by atomic mass is 32.1. The van der Waals surface area contributed by atoms with E-state index in [9.17, 15) is 9.59 Å². The monoisotopic (exact) mass is 329 g/mol. The Morgan fingerprint density at radius 3 is 3.13 bits per heavy atom. The first-order chi connectivity index (χ1) is 11.2. The number of thiazole rings is 1. The number of nitrogens with zero attached hydrogens (tertiary/aromatic N) is 4. The van der Waals surface area contributed by atoms with E-state index in [1.807, 2.05) is 4.90 Å². The molecule has 118 valence electrons. The summed E-state index contributed by atoms with van der Waals surface area (Å²) in [6, 6.07) is 1.44. The Bertz CT molecular complexity index is 898. The number of piperidine rings is 1. The van der Waals surface area contributed by atoms with E-state index in [4.69, 9.17) is 0 Å². The number of fused-ring (bicyclic) bond motifs is 1. The minimum Gasteiger partial charge on any atom is -0.329 e. The molecule has 1 aliphatic rings. The van der Waals surface area contributed by atoms with Crippen LogP contribution in [-0.2, 0) is 0 Å². The number of nitrogens with one attached hydrogen (secondary N) is 1. The lowest BCUT2D eigenvalue weighted by Crippen LogP contribution is -2.39. The summed E-state index contributed by atoms with van der Waals surface area (Å²) in [5, 5.41) is 0. The summed E-state index contributed by atoms with van der Waals surface area (Å²) in [5.41, 5.74) is 2.26. The van der Waals surface area contributed by atoms with Gasteiger partial charge in [0.15, 0.2) is 0 Å². The second-order valence-electron chi connectivity index (χ2n) is 5.56. The van der Waals surface area contributed by atoms with Crippen molar-refractivity contribution >= 4 is 23.0 Å². The van der Waals surface area contributed by atoms with Gasteiger partial charge in [0.2, 0.25) is 5.78 Å². The molecule has 1 N–H and O–H groups in total. The summed E-state index contributed by atoms with van der Waals surface area (Å²) in [5.74, 6) is 0.476. The van der Waals surface area contributed by atoms with E-state index in [-0.39, 0.29) is 17.5 Å². The van der Waals surface area contributed by atoms with E-state index in [1.54, 1.807) is 30.2 Å². The Morgan fingerprint density at radius 2 is 2.30 bits per heavy atom. The van der Waals surface area contributed by atoms with Crippen LogP contribution in [0.3, 0.4) is 0 Å². The van der Waals surface area contributed by atoms with Gasteiger partial charge in [-0.2, -0.15) is 0 Å². The van der Waals surface area contributed by atoms with Gasteiger partial charge in [-0.3, -0.25) is 19.0 Å². The van der Waals surface area contributed by atoms with Gasteiger partial charge >= 0.3 is 0 Å². The Labute approximate surface area is 135 Å². The smallest absolute Gasteiger partial charge is 0.266 e. The highest BCUT2D eigenvalue weighted by Gasteiger charge is 2.30. The Hall–Kier alpha value is -2.48. The number of imidazole rings is 1. The molecule has 0 aromatic carbocycles. The van der Waals surface area contributed by atoms with Gasteiger partial charge < -0.3 is 9.88 Å². The largest absolute Gasteiger partial charge is 0.329 e. The van der Waals surface area contributed by atoms with Crippen molar-refractivity contribution in [3.63, 3.8) is 0 Å². The van der Waals surface area contributed by atoms with E-state index >= 15 is 0 Å². The average Bonchev–Trinajstić information content (AvgIpc) is 3.25. The first-order valence-corrected chi connectivity index (χ1v) is 8.38. The van der Waals surface area contributed by atoms with Gasteiger partial charge in [-0.25, -0.2) is 4.98 Å². The molecule has 0 aliphatic carbocycles. The van der Waals surface area contributed by atoms with Crippen LogP contribution in [0, 0.1) is 0 Å².